The summed E-state index contributed by atoms with van der Waals surface area (Å²) in [5, 5.41) is 2.76. The first-order valence-electron chi connectivity index (χ1n) is 8.54. The van der Waals surface area contributed by atoms with Crippen LogP contribution in [0.15, 0.2) is 48.5 Å². The summed E-state index contributed by atoms with van der Waals surface area (Å²) in [6.45, 7) is 2.56. The fraction of sp³-hybridized carbons (Fsp3) is 0.300. The van der Waals surface area contributed by atoms with Crippen molar-refractivity contribution >= 4 is 11.8 Å². The highest BCUT2D eigenvalue weighted by Gasteiger charge is 2.36. The van der Waals surface area contributed by atoms with E-state index in [4.69, 9.17) is 0 Å². The van der Waals surface area contributed by atoms with Crippen molar-refractivity contribution in [3.8, 4) is 0 Å². The Hall–Kier alpha value is -2.76. The number of hydrogen-bond donors (Lipinski definition) is 1. The van der Waals surface area contributed by atoms with Crippen LogP contribution in [0.2, 0.25) is 0 Å². The lowest BCUT2D eigenvalue weighted by Crippen LogP contribution is -2.53. The summed E-state index contributed by atoms with van der Waals surface area (Å²) < 4.78 is 26.2. The summed E-state index contributed by atoms with van der Waals surface area (Å²) >= 11 is 0. The summed E-state index contributed by atoms with van der Waals surface area (Å²) in [5.41, 5.74) is 1.43. The van der Waals surface area contributed by atoms with Gasteiger partial charge < -0.3 is 10.2 Å². The molecule has 1 fully saturated rings. The molecule has 26 heavy (non-hydrogen) atoms. The Morgan fingerprint density at radius 1 is 1.12 bits per heavy atom. The van der Waals surface area contributed by atoms with Gasteiger partial charge in [0, 0.05) is 19.0 Å². The molecule has 0 aliphatic carbocycles. The number of piperazine rings is 1. The van der Waals surface area contributed by atoms with Crippen LogP contribution < -0.4 is 5.32 Å². The SMILES string of the molecule is CC(Cc1ccc(F)cc1)C(=O)N1CCNC(=O)C1c1ccc(F)cc1. The molecule has 0 bridgehead atoms. The van der Waals surface area contributed by atoms with Crippen LogP contribution in [0.1, 0.15) is 24.1 Å². The third-order valence-electron chi connectivity index (χ3n) is 4.56. The topological polar surface area (TPSA) is 49.4 Å². The van der Waals surface area contributed by atoms with Crippen molar-refractivity contribution < 1.29 is 18.4 Å². The summed E-state index contributed by atoms with van der Waals surface area (Å²) in [6, 6.07) is 10.9. The first-order chi connectivity index (χ1) is 12.5. The van der Waals surface area contributed by atoms with Crippen molar-refractivity contribution in [2.75, 3.05) is 13.1 Å². The highest BCUT2D eigenvalue weighted by Crippen LogP contribution is 2.26. The van der Waals surface area contributed by atoms with Gasteiger partial charge in [-0.25, -0.2) is 8.78 Å². The van der Waals surface area contributed by atoms with Crippen LogP contribution in [0.25, 0.3) is 0 Å². The molecule has 0 spiro atoms. The van der Waals surface area contributed by atoms with Gasteiger partial charge in [-0.3, -0.25) is 9.59 Å². The fourth-order valence-corrected chi connectivity index (χ4v) is 3.23. The molecule has 2 aromatic rings. The minimum atomic E-state index is -0.771. The van der Waals surface area contributed by atoms with Gasteiger partial charge in [0.05, 0.1) is 0 Å². The molecule has 1 aliphatic rings. The van der Waals surface area contributed by atoms with E-state index in [0.717, 1.165) is 5.56 Å². The van der Waals surface area contributed by atoms with Crippen LogP contribution in [0, 0.1) is 17.6 Å². The first kappa shape index (κ1) is 18.0. The molecular formula is C20H20F2N2O2. The second kappa shape index (κ2) is 7.64. The zero-order chi connectivity index (χ0) is 18.7. The number of hydrogen-bond acceptors (Lipinski definition) is 2. The maximum atomic E-state index is 13.2. The lowest BCUT2D eigenvalue weighted by Gasteiger charge is -2.37. The highest BCUT2D eigenvalue weighted by atomic mass is 19.1. The van der Waals surface area contributed by atoms with Crippen molar-refractivity contribution in [2.24, 2.45) is 5.92 Å². The summed E-state index contributed by atoms with van der Waals surface area (Å²) in [4.78, 5) is 26.9. The lowest BCUT2D eigenvalue weighted by molar-refractivity contribution is -0.146. The van der Waals surface area contributed by atoms with Crippen molar-refractivity contribution in [1.29, 1.82) is 0 Å². The molecule has 4 nitrogen and oxygen atoms in total. The van der Waals surface area contributed by atoms with Gasteiger partial charge in [-0.15, -0.1) is 0 Å². The number of rotatable bonds is 4. The number of carbonyl (C=O) groups excluding carboxylic acids is 2. The van der Waals surface area contributed by atoms with E-state index < -0.39 is 11.9 Å². The number of amides is 2. The van der Waals surface area contributed by atoms with Crippen LogP contribution in [0.5, 0.6) is 0 Å². The molecule has 0 aromatic heterocycles. The van der Waals surface area contributed by atoms with E-state index in [1.54, 1.807) is 24.0 Å². The maximum absolute atomic E-state index is 13.2. The number of nitrogens with one attached hydrogen (secondary N) is 1. The smallest absolute Gasteiger partial charge is 0.247 e. The molecular weight excluding hydrogens is 338 g/mol. The molecule has 1 aliphatic heterocycles. The maximum Gasteiger partial charge on any atom is 0.247 e. The van der Waals surface area contributed by atoms with E-state index in [9.17, 15) is 18.4 Å². The molecule has 0 saturated carbocycles. The second-order valence-corrected chi connectivity index (χ2v) is 6.51. The Bertz CT molecular complexity index is 790. The van der Waals surface area contributed by atoms with Gasteiger partial charge in [0.25, 0.3) is 0 Å². The highest BCUT2D eigenvalue weighted by molar-refractivity contribution is 5.90. The monoisotopic (exact) mass is 358 g/mol. The average molecular weight is 358 g/mol. The largest absolute Gasteiger partial charge is 0.352 e. The van der Waals surface area contributed by atoms with E-state index >= 15 is 0 Å². The van der Waals surface area contributed by atoms with Crippen molar-refractivity contribution in [2.45, 2.75) is 19.4 Å². The van der Waals surface area contributed by atoms with Gasteiger partial charge in [0.2, 0.25) is 11.8 Å². The molecule has 136 valence electrons. The number of halogens is 2. The predicted molar refractivity (Wildman–Crippen MR) is 93.1 cm³/mol. The Morgan fingerprint density at radius 3 is 2.31 bits per heavy atom. The fourth-order valence-electron chi connectivity index (χ4n) is 3.23. The predicted octanol–water partition coefficient (Wildman–Crippen LogP) is 2.84. The van der Waals surface area contributed by atoms with E-state index in [1.807, 2.05) is 0 Å². The summed E-state index contributed by atoms with van der Waals surface area (Å²) in [6.07, 6.45) is 0.452. The van der Waals surface area contributed by atoms with E-state index in [2.05, 4.69) is 5.32 Å². The number of carbonyl (C=O) groups is 2. The van der Waals surface area contributed by atoms with Crippen LogP contribution in [0.3, 0.4) is 0 Å². The lowest BCUT2D eigenvalue weighted by atomic mass is 9.96. The first-order valence-corrected chi connectivity index (χ1v) is 8.54. The quantitative estimate of drug-likeness (QED) is 0.914. The van der Waals surface area contributed by atoms with Crippen LogP contribution in [-0.4, -0.2) is 29.8 Å². The molecule has 2 amide bonds. The molecule has 1 heterocycles. The standard InChI is InChI=1S/C20H20F2N2O2/c1-13(12-14-2-6-16(21)7-3-14)20(26)24-11-10-23-19(25)18(24)15-4-8-17(22)9-5-15/h2-9,13,18H,10-12H2,1H3,(H,23,25). The summed E-state index contributed by atoms with van der Waals surface area (Å²) in [7, 11) is 0. The van der Waals surface area contributed by atoms with E-state index in [-0.39, 0.29) is 23.5 Å². The molecule has 2 unspecified atom stereocenters. The van der Waals surface area contributed by atoms with Crippen molar-refractivity contribution in [1.82, 2.24) is 10.2 Å². The molecule has 3 rings (SSSR count). The average Bonchev–Trinajstić information content (AvgIpc) is 2.63. The van der Waals surface area contributed by atoms with Crippen molar-refractivity contribution in [3.63, 3.8) is 0 Å². The van der Waals surface area contributed by atoms with Crippen LogP contribution in [0.4, 0.5) is 8.78 Å². The molecule has 6 heteroatoms. The third kappa shape index (κ3) is 3.90. The van der Waals surface area contributed by atoms with Crippen LogP contribution in [-0.2, 0) is 16.0 Å². The van der Waals surface area contributed by atoms with E-state index in [0.29, 0.717) is 25.1 Å². The molecule has 2 atom stereocenters. The second-order valence-electron chi connectivity index (χ2n) is 6.51. The molecule has 0 radical (unpaired) electrons. The Labute approximate surface area is 150 Å². The van der Waals surface area contributed by atoms with Gasteiger partial charge in [-0.1, -0.05) is 31.2 Å². The zero-order valence-electron chi connectivity index (χ0n) is 14.4. The van der Waals surface area contributed by atoms with Gasteiger partial charge in [0.15, 0.2) is 0 Å². The molecule has 1 N–H and O–H groups in total. The Morgan fingerprint density at radius 2 is 1.69 bits per heavy atom. The van der Waals surface area contributed by atoms with Gasteiger partial charge in [0.1, 0.15) is 17.7 Å². The molecule has 2 aromatic carbocycles. The third-order valence-corrected chi connectivity index (χ3v) is 4.56. The Balaban J connectivity index is 1.79. The van der Waals surface area contributed by atoms with Gasteiger partial charge >= 0.3 is 0 Å². The normalized spacial score (nSPS) is 18.3. The summed E-state index contributed by atoms with van der Waals surface area (Å²) in [5.74, 6) is -1.51. The zero-order valence-corrected chi connectivity index (χ0v) is 14.4. The minimum Gasteiger partial charge on any atom is -0.352 e. The van der Waals surface area contributed by atoms with Crippen LogP contribution >= 0.6 is 0 Å². The molecule has 1 saturated heterocycles. The van der Waals surface area contributed by atoms with E-state index in [1.165, 1.54) is 36.4 Å². The number of benzene rings is 2. The van der Waals surface area contributed by atoms with Crippen molar-refractivity contribution in [3.05, 3.63) is 71.3 Å². The van der Waals surface area contributed by atoms with Gasteiger partial charge in [-0.05, 0) is 41.8 Å². The van der Waals surface area contributed by atoms with Gasteiger partial charge in [-0.2, -0.15) is 0 Å². The number of nitrogens with zero attached hydrogens (tertiary/aromatic N) is 1. The minimum absolute atomic E-state index is 0.154. The Kier molecular flexibility index (Phi) is 5.30.